The molecule has 3 unspecified atom stereocenters. The SMILES string of the molecule is CCC1Cc2c(O)cc(O)cc2C2CCCN(C)C12. The molecule has 3 rings (SSSR count). The second kappa shape index (κ2) is 4.71. The molecule has 0 radical (unpaired) electrons. The van der Waals surface area contributed by atoms with Crippen LogP contribution in [-0.2, 0) is 6.42 Å². The minimum absolute atomic E-state index is 0.193. The Morgan fingerprint density at radius 1 is 1.32 bits per heavy atom. The van der Waals surface area contributed by atoms with Crippen LogP contribution < -0.4 is 0 Å². The van der Waals surface area contributed by atoms with E-state index in [-0.39, 0.29) is 11.5 Å². The lowest BCUT2D eigenvalue weighted by Gasteiger charge is -2.47. The van der Waals surface area contributed by atoms with Gasteiger partial charge in [-0.3, -0.25) is 0 Å². The van der Waals surface area contributed by atoms with E-state index in [1.165, 1.54) is 24.5 Å². The number of phenols is 2. The van der Waals surface area contributed by atoms with Crippen molar-refractivity contribution in [3.63, 3.8) is 0 Å². The normalized spacial score (nSPS) is 30.7. The van der Waals surface area contributed by atoms with Crippen LogP contribution in [0.4, 0.5) is 0 Å². The van der Waals surface area contributed by atoms with Gasteiger partial charge in [0.15, 0.2) is 0 Å². The third-order valence-electron chi connectivity index (χ3n) is 5.07. The maximum atomic E-state index is 10.1. The number of fused-ring (bicyclic) bond motifs is 3. The zero-order chi connectivity index (χ0) is 13.6. The van der Waals surface area contributed by atoms with Crippen LogP contribution in [0.5, 0.6) is 11.5 Å². The summed E-state index contributed by atoms with van der Waals surface area (Å²) >= 11 is 0. The van der Waals surface area contributed by atoms with Crippen LogP contribution in [-0.4, -0.2) is 34.7 Å². The Hall–Kier alpha value is -1.22. The fourth-order valence-corrected chi connectivity index (χ4v) is 4.20. The van der Waals surface area contributed by atoms with E-state index in [1.807, 2.05) is 6.07 Å². The Kier molecular flexibility index (Phi) is 3.17. The summed E-state index contributed by atoms with van der Waals surface area (Å²) in [5, 5.41) is 19.9. The standard InChI is InChI=1S/C16H23NO2/c1-3-10-7-14-13(8-11(18)9-15(14)19)12-5-4-6-17(2)16(10)12/h8-10,12,16,18-19H,3-7H2,1-2H3. The van der Waals surface area contributed by atoms with Crippen molar-refractivity contribution in [2.45, 2.75) is 44.6 Å². The summed E-state index contributed by atoms with van der Waals surface area (Å²) in [6, 6.07) is 3.92. The summed E-state index contributed by atoms with van der Waals surface area (Å²) in [6.07, 6.45) is 4.44. The second-order valence-electron chi connectivity index (χ2n) is 6.13. The lowest BCUT2D eigenvalue weighted by Crippen LogP contribution is -2.49. The third-order valence-corrected chi connectivity index (χ3v) is 5.07. The summed E-state index contributed by atoms with van der Waals surface area (Å²) < 4.78 is 0. The average molecular weight is 261 g/mol. The molecule has 0 amide bonds. The largest absolute Gasteiger partial charge is 0.508 e. The molecule has 0 bridgehead atoms. The first-order valence-corrected chi connectivity index (χ1v) is 7.36. The van der Waals surface area contributed by atoms with Gasteiger partial charge in [-0.2, -0.15) is 0 Å². The predicted octanol–water partition coefficient (Wildman–Crippen LogP) is 2.86. The second-order valence-corrected chi connectivity index (χ2v) is 6.13. The van der Waals surface area contributed by atoms with Crippen LogP contribution in [0.1, 0.15) is 43.2 Å². The first-order chi connectivity index (χ1) is 9.11. The Balaban J connectivity index is 2.09. The van der Waals surface area contributed by atoms with Gasteiger partial charge in [-0.25, -0.2) is 0 Å². The molecule has 1 aromatic rings. The fraction of sp³-hybridized carbons (Fsp3) is 0.625. The molecule has 1 heterocycles. The Morgan fingerprint density at radius 3 is 2.84 bits per heavy atom. The van der Waals surface area contributed by atoms with E-state index in [9.17, 15) is 10.2 Å². The number of aromatic hydroxyl groups is 2. The highest BCUT2D eigenvalue weighted by molar-refractivity contribution is 5.49. The highest BCUT2D eigenvalue weighted by Crippen LogP contribution is 2.47. The van der Waals surface area contributed by atoms with Gasteiger partial charge in [-0.15, -0.1) is 0 Å². The van der Waals surface area contributed by atoms with Crippen LogP contribution in [0.2, 0.25) is 0 Å². The number of phenolic OH excluding ortho intramolecular Hbond substituents is 2. The van der Waals surface area contributed by atoms with E-state index in [2.05, 4.69) is 18.9 Å². The van der Waals surface area contributed by atoms with Gasteiger partial charge in [-0.1, -0.05) is 13.3 Å². The van der Waals surface area contributed by atoms with Crippen LogP contribution >= 0.6 is 0 Å². The van der Waals surface area contributed by atoms with Crippen molar-refractivity contribution in [1.82, 2.24) is 4.90 Å². The molecule has 0 spiro atoms. The Labute approximate surface area is 114 Å². The third kappa shape index (κ3) is 2.00. The number of benzene rings is 1. The van der Waals surface area contributed by atoms with Gasteiger partial charge >= 0.3 is 0 Å². The van der Waals surface area contributed by atoms with Crippen LogP contribution in [0, 0.1) is 5.92 Å². The van der Waals surface area contributed by atoms with Gasteiger partial charge in [0.1, 0.15) is 11.5 Å². The number of piperidine rings is 1. The van der Waals surface area contributed by atoms with E-state index >= 15 is 0 Å². The summed E-state index contributed by atoms with van der Waals surface area (Å²) in [5.41, 5.74) is 2.25. The lowest BCUT2D eigenvalue weighted by atomic mass is 9.68. The molecule has 0 saturated carbocycles. The molecule has 2 aliphatic rings. The molecular formula is C16H23NO2. The molecule has 1 saturated heterocycles. The smallest absolute Gasteiger partial charge is 0.122 e. The lowest BCUT2D eigenvalue weighted by molar-refractivity contribution is 0.0929. The van der Waals surface area contributed by atoms with Crippen LogP contribution in [0.25, 0.3) is 0 Å². The average Bonchev–Trinajstić information content (AvgIpc) is 2.38. The minimum Gasteiger partial charge on any atom is -0.508 e. The monoisotopic (exact) mass is 261 g/mol. The molecule has 1 aliphatic carbocycles. The van der Waals surface area contributed by atoms with Crippen molar-refractivity contribution in [2.75, 3.05) is 13.6 Å². The maximum Gasteiger partial charge on any atom is 0.122 e. The highest BCUT2D eigenvalue weighted by Gasteiger charge is 2.41. The fourth-order valence-electron chi connectivity index (χ4n) is 4.20. The van der Waals surface area contributed by atoms with Gasteiger partial charge < -0.3 is 15.1 Å². The van der Waals surface area contributed by atoms with E-state index < -0.39 is 0 Å². The number of rotatable bonds is 1. The molecule has 2 N–H and O–H groups in total. The molecule has 0 aromatic heterocycles. The summed E-state index contributed by atoms with van der Waals surface area (Å²) in [5.74, 6) is 1.54. The number of hydrogen-bond donors (Lipinski definition) is 2. The van der Waals surface area contributed by atoms with Gasteiger partial charge in [-0.05, 0) is 56.0 Å². The molecule has 19 heavy (non-hydrogen) atoms. The molecule has 1 aromatic carbocycles. The van der Waals surface area contributed by atoms with Gasteiger partial charge in [0.25, 0.3) is 0 Å². The van der Waals surface area contributed by atoms with Crippen molar-refractivity contribution in [2.24, 2.45) is 5.92 Å². The number of hydrogen-bond acceptors (Lipinski definition) is 3. The summed E-state index contributed by atoms with van der Waals surface area (Å²) in [7, 11) is 2.22. The van der Waals surface area contributed by atoms with Crippen LogP contribution in [0.3, 0.4) is 0 Å². The number of nitrogens with zero attached hydrogens (tertiary/aromatic N) is 1. The molecule has 3 nitrogen and oxygen atoms in total. The van der Waals surface area contributed by atoms with Crippen molar-refractivity contribution in [3.8, 4) is 11.5 Å². The van der Waals surface area contributed by atoms with Crippen molar-refractivity contribution >= 4 is 0 Å². The zero-order valence-corrected chi connectivity index (χ0v) is 11.8. The van der Waals surface area contributed by atoms with Crippen molar-refractivity contribution < 1.29 is 10.2 Å². The number of likely N-dealkylation sites (N-methyl/N-ethyl adjacent to an activating group) is 1. The van der Waals surface area contributed by atoms with Gasteiger partial charge in [0.05, 0.1) is 0 Å². The molecule has 1 aliphatic heterocycles. The van der Waals surface area contributed by atoms with Crippen LogP contribution in [0.15, 0.2) is 12.1 Å². The summed E-state index contributed by atoms with van der Waals surface area (Å²) in [6.45, 7) is 3.41. The van der Waals surface area contributed by atoms with Gasteiger partial charge in [0.2, 0.25) is 0 Å². The molecule has 3 atom stereocenters. The molecule has 3 heteroatoms. The Morgan fingerprint density at radius 2 is 2.11 bits per heavy atom. The predicted molar refractivity (Wildman–Crippen MR) is 75.6 cm³/mol. The minimum atomic E-state index is 0.193. The van der Waals surface area contributed by atoms with E-state index in [0.29, 0.717) is 17.9 Å². The molecule has 104 valence electrons. The highest BCUT2D eigenvalue weighted by atomic mass is 16.3. The van der Waals surface area contributed by atoms with E-state index in [4.69, 9.17) is 0 Å². The maximum absolute atomic E-state index is 10.1. The van der Waals surface area contributed by atoms with Crippen molar-refractivity contribution in [1.29, 1.82) is 0 Å². The Bertz CT molecular complexity index is 486. The number of likely N-dealkylation sites (tertiary alicyclic amines) is 1. The first kappa shape index (κ1) is 12.8. The quantitative estimate of drug-likeness (QED) is 0.817. The topological polar surface area (TPSA) is 43.7 Å². The first-order valence-electron chi connectivity index (χ1n) is 7.36. The molecule has 1 fully saturated rings. The van der Waals surface area contributed by atoms with Crippen molar-refractivity contribution in [3.05, 3.63) is 23.3 Å². The van der Waals surface area contributed by atoms with E-state index in [1.54, 1.807) is 0 Å². The van der Waals surface area contributed by atoms with E-state index in [0.717, 1.165) is 24.9 Å². The molecular weight excluding hydrogens is 238 g/mol. The zero-order valence-electron chi connectivity index (χ0n) is 11.8. The summed E-state index contributed by atoms with van der Waals surface area (Å²) in [4.78, 5) is 2.48. The van der Waals surface area contributed by atoms with Gasteiger partial charge in [0, 0.05) is 18.0 Å².